The van der Waals surface area contributed by atoms with E-state index >= 15 is 0 Å². The number of rotatable bonds is 4. The lowest BCUT2D eigenvalue weighted by molar-refractivity contribution is -0.0688. The lowest BCUT2D eigenvalue weighted by Gasteiger charge is -2.33. The number of hydrogen-bond acceptors (Lipinski definition) is 3. The van der Waals surface area contributed by atoms with Gasteiger partial charge in [0.25, 0.3) is 0 Å². The largest absolute Gasteiger partial charge is 0.370 e. The van der Waals surface area contributed by atoms with Crippen molar-refractivity contribution < 1.29 is 4.74 Å². The van der Waals surface area contributed by atoms with Crippen LogP contribution < -0.4 is 5.73 Å². The van der Waals surface area contributed by atoms with Crippen LogP contribution in [0.1, 0.15) is 69.9 Å². The number of ether oxygens (including phenoxy) is 1. The van der Waals surface area contributed by atoms with Crippen molar-refractivity contribution in [2.24, 2.45) is 5.73 Å². The van der Waals surface area contributed by atoms with Gasteiger partial charge in [-0.25, -0.2) is 0 Å². The van der Waals surface area contributed by atoms with Crippen molar-refractivity contribution >= 4 is 0 Å². The first-order chi connectivity index (χ1) is 9.71. The molecule has 4 nitrogen and oxygen atoms in total. The van der Waals surface area contributed by atoms with E-state index < -0.39 is 0 Å². The van der Waals surface area contributed by atoms with E-state index in [0.29, 0.717) is 6.10 Å². The van der Waals surface area contributed by atoms with E-state index in [4.69, 9.17) is 10.5 Å². The van der Waals surface area contributed by atoms with E-state index in [1.165, 1.54) is 44.9 Å². The Morgan fingerprint density at radius 2 is 2.20 bits per heavy atom. The summed E-state index contributed by atoms with van der Waals surface area (Å²) in [6.07, 6.45) is 14.3. The minimum atomic E-state index is 0.109. The molecule has 4 heteroatoms. The van der Waals surface area contributed by atoms with Crippen LogP contribution in [-0.4, -0.2) is 21.5 Å². The Morgan fingerprint density at radius 3 is 2.95 bits per heavy atom. The van der Waals surface area contributed by atoms with Gasteiger partial charge in [-0.1, -0.05) is 26.2 Å². The molecular weight excluding hydrogens is 250 g/mol. The molecule has 1 aliphatic heterocycles. The van der Waals surface area contributed by atoms with Gasteiger partial charge in [0.05, 0.1) is 24.4 Å². The maximum absolute atomic E-state index is 6.40. The summed E-state index contributed by atoms with van der Waals surface area (Å²) in [5.74, 6) is 0. The Bertz CT molecular complexity index is 437. The minimum Gasteiger partial charge on any atom is -0.370 e. The standard InChI is InChI=1S/C16H27N3O/c1-2-15(17)13-10-18-19(11-13)12-14-6-9-16(20-14)7-4-3-5-8-16/h10-11,14-15H,2-9,12,17H2,1H3. The summed E-state index contributed by atoms with van der Waals surface area (Å²) in [7, 11) is 0. The maximum Gasteiger partial charge on any atom is 0.0779 e. The van der Waals surface area contributed by atoms with Crippen molar-refractivity contribution in [2.75, 3.05) is 0 Å². The van der Waals surface area contributed by atoms with E-state index in [1.54, 1.807) is 0 Å². The van der Waals surface area contributed by atoms with E-state index in [9.17, 15) is 0 Å². The Morgan fingerprint density at radius 1 is 1.40 bits per heavy atom. The van der Waals surface area contributed by atoms with Gasteiger partial charge < -0.3 is 10.5 Å². The molecular formula is C16H27N3O. The Kier molecular flexibility index (Phi) is 4.13. The summed E-state index contributed by atoms with van der Waals surface area (Å²) in [5.41, 5.74) is 7.39. The molecule has 0 amide bonds. The maximum atomic E-state index is 6.40. The predicted molar refractivity (Wildman–Crippen MR) is 79.4 cm³/mol. The number of nitrogens with two attached hydrogens (primary N) is 1. The van der Waals surface area contributed by atoms with E-state index in [1.807, 2.05) is 10.9 Å². The van der Waals surface area contributed by atoms with Crippen molar-refractivity contribution in [3.05, 3.63) is 18.0 Å². The first-order valence-electron chi connectivity index (χ1n) is 8.16. The van der Waals surface area contributed by atoms with Gasteiger partial charge >= 0.3 is 0 Å². The molecule has 1 aromatic rings. The molecule has 2 heterocycles. The van der Waals surface area contributed by atoms with Crippen LogP contribution in [0.2, 0.25) is 0 Å². The highest BCUT2D eigenvalue weighted by Crippen LogP contribution is 2.42. The van der Waals surface area contributed by atoms with Gasteiger partial charge in [0.15, 0.2) is 0 Å². The molecule has 1 aliphatic carbocycles. The second-order valence-corrected chi connectivity index (χ2v) is 6.53. The third-order valence-electron chi connectivity index (χ3n) is 5.02. The lowest BCUT2D eigenvalue weighted by atomic mass is 9.83. The molecule has 0 bridgehead atoms. The Hall–Kier alpha value is -0.870. The van der Waals surface area contributed by atoms with Gasteiger partial charge in [-0.3, -0.25) is 4.68 Å². The van der Waals surface area contributed by atoms with Crippen LogP contribution in [-0.2, 0) is 11.3 Å². The third-order valence-corrected chi connectivity index (χ3v) is 5.02. The Balaban J connectivity index is 1.57. The van der Waals surface area contributed by atoms with Crippen LogP contribution in [0.5, 0.6) is 0 Å². The summed E-state index contributed by atoms with van der Waals surface area (Å²) < 4.78 is 8.41. The molecule has 2 atom stereocenters. The molecule has 2 fully saturated rings. The highest BCUT2D eigenvalue weighted by molar-refractivity contribution is 5.09. The second kappa shape index (κ2) is 5.86. The summed E-state index contributed by atoms with van der Waals surface area (Å²) in [5, 5.41) is 4.44. The van der Waals surface area contributed by atoms with E-state index in [-0.39, 0.29) is 11.6 Å². The number of nitrogens with zero attached hydrogens (tertiary/aromatic N) is 2. The number of aromatic nitrogens is 2. The SMILES string of the molecule is CCC(N)c1cnn(CC2CCC3(CCCCC3)O2)c1. The van der Waals surface area contributed by atoms with E-state index in [0.717, 1.165) is 18.5 Å². The molecule has 2 aliphatic rings. The smallest absolute Gasteiger partial charge is 0.0779 e. The van der Waals surface area contributed by atoms with Gasteiger partial charge in [-0.05, 0) is 32.1 Å². The fourth-order valence-corrected chi connectivity index (χ4v) is 3.70. The molecule has 1 aromatic heterocycles. The highest BCUT2D eigenvalue weighted by atomic mass is 16.5. The van der Waals surface area contributed by atoms with Crippen LogP contribution in [0.3, 0.4) is 0 Å². The van der Waals surface area contributed by atoms with Crippen LogP contribution in [0, 0.1) is 0 Å². The van der Waals surface area contributed by atoms with Gasteiger partial charge in [-0.15, -0.1) is 0 Å². The van der Waals surface area contributed by atoms with Gasteiger partial charge in [0.1, 0.15) is 0 Å². The summed E-state index contributed by atoms with van der Waals surface area (Å²) >= 11 is 0. The fourth-order valence-electron chi connectivity index (χ4n) is 3.70. The molecule has 20 heavy (non-hydrogen) atoms. The van der Waals surface area contributed by atoms with Gasteiger partial charge in [0.2, 0.25) is 0 Å². The van der Waals surface area contributed by atoms with Crippen LogP contribution in [0.15, 0.2) is 12.4 Å². The van der Waals surface area contributed by atoms with Crippen LogP contribution in [0.4, 0.5) is 0 Å². The van der Waals surface area contributed by atoms with Gasteiger partial charge in [0, 0.05) is 17.8 Å². The zero-order chi connectivity index (χ0) is 14.0. The molecule has 112 valence electrons. The van der Waals surface area contributed by atoms with Crippen LogP contribution >= 0.6 is 0 Å². The summed E-state index contributed by atoms with van der Waals surface area (Å²) in [4.78, 5) is 0. The van der Waals surface area contributed by atoms with Crippen molar-refractivity contribution in [1.29, 1.82) is 0 Å². The van der Waals surface area contributed by atoms with Crippen molar-refractivity contribution in [1.82, 2.24) is 9.78 Å². The number of hydrogen-bond donors (Lipinski definition) is 1. The van der Waals surface area contributed by atoms with Gasteiger partial charge in [-0.2, -0.15) is 5.10 Å². The molecule has 2 unspecified atom stereocenters. The zero-order valence-electron chi connectivity index (χ0n) is 12.6. The zero-order valence-corrected chi connectivity index (χ0v) is 12.6. The topological polar surface area (TPSA) is 53.1 Å². The first-order valence-corrected chi connectivity index (χ1v) is 8.16. The second-order valence-electron chi connectivity index (χ2n) is 6.53. The third kappa shape index (κ3) is 2.91. The quantitative estimate of drug-likeness (QED) is 0.919. The van der Waals surface area contributed by atoms with Crippen molar-refractivity contribution in [3.63, 3.8) is 0 Å². The molecule has 3 rings (SSSR count). The summed E-state index contributed by atoms with van der Waals surface area (Å²) in [6, 6.07) is 0.109. The predicted octanol–water partition coefficient (Wildman–Crippen LogP) is 3.17. The normalized spacial score (nSPS) is 27.0. The van der Waals surface area contributed by atoms with E-state index in [2.05, 4.69) is 18.2 Å². The lowest BCUT2D eigenvalue weighted by Crippen LogP contribution is -2.32. The minimum absolute atomic E-state index is 0.109. The van der Waals surface area contributed by atoms with Crippen molar-refractivity contribution in [2.45, 2.75) is 82.6 Å². The molecule has 0 aromatic carbocycles. The monoisotopic (exact) mass is 277 g/mol. The first kappa shape index (κ1) is 14.1. The van der Waals surface area contributed by atoms with Crippen LogP contribution in [0.25, 0.3) is 0 Å². The Labute approximate surface area is 121 Å². The molecule has 1 saturated carbocycles. The molecule has 0 radical (unpaired) electrons. The van der Waals surface area contributed by atoms with Crippen molar-refractivity contribution in [3.8, 4) is 0 Å². The molecule has 1 saturated heterocycles. The summed E-state index contributed by atoms with van der Waals surface area (Å²) in [6.45, 7) is 2.98. The average Bonchev–Trinajstić information content (AvgIpc) is 3.07. The molecule has 2 N–H and O–H groups in total. The fraction of sp³-hybridized carbons (Fsp3) is 0.812. The average molecular weight is 277 g/mol. The highest BCUT2D eigenvalue weighted by Gasteiger charge is 2.40. The molecule has 1 spiro atoms.